The van der Waals surface area contributed by atoms with Crippen LogP contribution in [0.15, 0.2) is 53.8 Å². The zero-order valence-electron chi connectivity index (χ0n) is 15.8. The third kappa shape index (κ3) is 3.88. The topological polar surface area (TPSA) is 77.9 Å². The van der Waals surface area contributed by atoms with Crippen molar-refractivity contribution in [2.45, 2.75) is 19.4 Å². The maximum absolute atomic E-state index is 12.5. The van der Waals surface area contributed by atoms with E-state index in [4.69, 9.17) is 0 Å². The predicted molar refractivity (Wildman–Crippen MR) is 108 cm³/mol. The Labute approximate surface area is 164 Å². The molecule has 1 aromatic carbocycles. The normalized spacial score (nSPS) is 19.4. The van der Waals surface area contributed by atoms with E-state index >= 15 is 0 Å². The van der Waals surface area contributed by atoms with Crippen molar-refractivity contribution in [3.8, 4) is 0 Å². The lowest BCUT2D eigenvalue weighted by Crippen LogP contribution is -2.52. The summed E-state index contributed by atoms with van der Waals surface area (Å²) in [5.41, 5.74) is 2.82. The SMILES string of the molecule is Cc1ccc(C(=O)CC2NC(N3CCN(c4cccnc4)CC3)=NC2=O)cc1. The fraction of sp³-hybridized carbons (Fsp3) is 0.333. The Morgan fingerprint density at radius 2 is 1.82 bits per heavy atom. The van der Waals surface area contributed by atoms with E-state index in [0.29, 0.717) is 11.5 Å². The number of anilines is 1. The van der Waals surface area contributed by atoms with Gasteiger partial charge in [-0.1, -0.05) is 29.8 Å². The summed E-state index contributed by atoms with van der Waals surface area (Å²) >= 11 is 0. The van der Waals surface area contributed by atoms with Crippen molar-refractivity contribution in [2.75, 3.05) is 31.1 Å². The number of ketones is 1. The van der Waals surface area contributed by atoms with Crippen molar-refractivity contribution >= 4 is 23.3 Å². The fourth-order valence-electron chi connectivity index (χ4n) is 3.49. The van der Waals surface area contributed by atoms with Crippen molar-refractivity contribution in [3.05, 3.63) is 59.9 Å². The second-order valence-electron chi connectivity index (χ2n) is 7.15. The van der Waals surface area contributed by atoms with Crippen LogP contribution in [0.3, 0.4) is 0 Å². The number of rotatable bonds is 4. The molecule has 1 atom stereocenters. The van der Waals surface area contributed by atoms with Crippen molar-refractivity contribution < 1.29 is 9.59 Å². The molecule has 2 aromatic rings. The number of Topliss-reactive ketones (excluding diaryl/α,β-unsaturated/α-hetero) is 1. The van der Waals surface area contributed by atoms with E-state index in [1.54, 1.807) is 18.3 Å². The molecule has 2 aliphatic heterocycles. The first kappa shape index (κ1) is 18.2. The van der Waals surface area contributed by atoms with E-state index in [2.05, 4.69) is 25.1 Å². The molecule has 2 aliphatic rings. The van der Waals surface area contributed by atoms with Crippen LogP contribution >= 0.6 is 0 Å². The highest BCUT2D eigenvalue weighted by Gasteiger charge is 2.32. The van der Waals surface area contributed by atoms with E-state index in [1.165, 1.54) is 0 Å². The molecule has 7 nitrogen and oxygen atoms in total. The van der Waals surface area contributed by atoms with Gasteiger partial charge in [-0.15, -0.1) is 0 Å². The monoisotopic (exact) mass is 377 g/mol. The number of aryl methyl sites for hydroxylation is 1. The molecule has 0 bridgehead atoms. The van der Waals surface area contributed by atoms with Crippen LogP contribution < -0.4 is 10.2 Å². The number of aromatic nitrogens is 1. The zero-order valence-corrected chi connectivity index (χ0v) is 15.8. The number of hydrogen-bond acceptors (Lipinski definition) is 6. The molecule has 7 heteroatoms. The molecule has 1 amide bonds. The summed E-state index contributed by atoms with van der Waals surface area (Å²) in [6.07, 6.45) is 3.74. The van der Waals surface area contributed by atoms with Gasteiger partial charge >= 0.3 is 0 Å². The summed E-state index contributed by atoms with van der Waals surface area (Å²) in [6.45, 7) is 5.14. The highest BCUT2D eigenvalue weighted by atomic mass is 16.2. The van der Waals surface area contributed by atoms with Crippen LogP contribution in [0, 0.1) is 6.92 Å². The van der Waals surface area contributed by atoms with Gasteiger partial charge in [-0.2, -0.15) is 4.99 Å². The van der Waals surface area contributed by atoms with Crippen LogP contribution in [0.2, 0.25) is 0 Å². The minimum absolute atomic E-state index is 0.0521. The van der Waals surface area contributed by atoms with Crippen molar-refractivity contribution in [1.82, 2.24) is 15.2 Å². The van der Waals surface area contributed by atoms with Crippen molar-refractivity contribution in [1.29, 1.82) is 0 Å². The summed E-state index contributed by atoms with van der Waals surface area (Å²) in [4.78, 5) is 37.4. The summed E-state index contributed by atoms with van der Waals surface area (Å²) < 4.78 is 0. The molecule has 0 radical (unpaired) electrons. The summed E-state index contributed by atoms with van der Waals surface area (Å²) in [6, 6.07) is 10.8. The Kier molecular flexibility index (Phi) is 5.06. The smallest absolute Gasteiger partial charge is 0.271 e. The summed E-state index contributed by atoms with van der Waals surface area (Å²) in [5.74, 6) is 0.256. The lowest BCUT2D eigenvalue weighted by molar-refractivity contribution is -0.118. The molecule has 4 rings (SSSR count). The third-order valence-corrected chi connectivity index (χ3v) is 5.17. The number of benzene rings is 1. The quantitative estimate of drug-likeness (QED) is 0.817. The maximum Gasteiger partial charge on any atom is 0.271 e. The number of carbonyl (C=O) groups is 2. The number of hydrogen-bond donors (Lipinski definition) is 1. The van der Waals surface area contributed by atoms with Gasteiger partial charge in [0.05, 0.1) is 11.9 Å². The Bertz CT molecular complexity index is 887. The van der Waals surface area contributed by atoms with Crippen molar-refractivity contribution in [3.63, 3.8) is 0 Å². The molecule has 3 heterocycles. The van der Waals surface area contributed by atoms with Gasteiger partial charge < -0.3 is 15.1 Å². The molecular formula is C21H23N5O2. The highest BCUT2D eigenvalue weighted by Crippen LogP contribution is 2.16. The lowest BCUT2D eigenvalue weighted by atomic mass is 10.0. The van der Waals surface area contributed by atoms with Gasteiger partial charge in [0.2, 0.25) is 5.96 Å². The molecule has 0 spiro atoms. The van der Waals surface area contributed by atoms with E-state index in [9.17, 15) is 9.59 Å². The van der Waals surface area contributed by atoms with E-state index < -0.39 is 6.04 Å². The number of guanidine groups is 1. The molecule has 0 aliphatic carbocycles. The number of carbonyl (C=O) groups excluding carboxylic acids is 2. The second-order valence-corrected chi connectivity index (χ2v) is 7.15. The fourth-order valence-corrected chi connectivity index (χ4v) is 3.49. The average Bonchev–Trinajstić information content (AvgIpc) is 3.09. The Morgan fingerprint density at radius 1 is 1.11 bits per heavy atom. The molecular weight excluding hydrogens is 354 g/mol. The number of amides is 1. The first-order valence-electron chi connectivity index (χ1n) is 9.49. The average molecular weight is 377 g/mol. The third-order valence-electron chi connectivity index (χ3n) is 5.17. The zero-order chi connectivity index (χ0) is 19.5. The largest absolute Gasteiger partial charge is 0.367 e. The van der Waals surface area contributed by atoms with Crippen molar-refractivity contribution in [2.24, 2.45) is 4.99 Å². The van der Waals surface area contributed by atoms with Gasteiger partial charge in [-0.25, -0.2) is 0 Å². The second kappa shape index (κ2) is 7.80. The number of nitrogens with zero attached hydrogens (tertiary/aromatic N) is 4. The molecule has 1 aromatic heterocycles. The van der Waals surface area contributed by atoms with Crippen LogP contribution in [0.5, 0.6) is 0 Å². The van der Waals surface area contributed by atoms with Crippen LogP contribution in [-0.2, 0) is 4.79 Å². The molecule has 28 heavy (non-hydrogen) atoms. The highest BCUT2D eigenvalue weighted by molar-refractivity contribution is 6.07. The van der Waals surface area contributed by atoms with Gasteiger partial charge in [0.1, 0.15) is 6.04 Å². The van der Waals surface area contributed by atoms with E-state index in [1.807, 2.05) is 37.4 Å². The number of aliphatic imine (C=N–C) groups is 1. The molecule has 1 fully saturated rings. The van der Waals surface area contributed by atoms with Crippen LogP contribution in [0.4, 0.5) is 5.69 Å². The molecule has 1 unspecified atom stereocenters. The van der Waals surface area contributed by atoms with Crippen LogP contribution in [0.1, 0.15) is 22.3 Å². The number of piperazine rings is 1. The van der Waals surface area contributed by atoms with E-state index in [-0.39, 0.29) is 18.1 Å². The predicted octanol–water partition coefficient (Wildman–Crippen LogP) is 1.64. The standard InChI is InChI=1S/C21H23N5O2/c1-15-4-6-16(7-5-15)19(27)13-18-20(28)24-21(23-18)26-11-9-25(10-12-26)17-3-2-8-22-14-17/h2-8,14,18H,9-13H2,1H3,(H,23,24,28). The minimum atomic E-state index is -0.583. The van der Waals surface area contributed by atoms with Gasteiger partial charge in [-0.05, 0) is 19.1 Å². The number of nitrogens with one attached hydrogen (secondary N) is 1. The number of pyridine rings is 1. The molecule has 0 saturated carbocycles. The maximum atomic E-state index is 12.5. The molecule has 144 valence electrons. The summed E-state index contributed by atoms with van der Waals surface area (Å²) in [7, 11) is 0. The Balaban J connectivity index is 1.33. The molecule has 1 saturated heterocycles. The van der Waals surface area contributed by atoms with Crippen LogP contribution in [0.25, 0.3) is 0 Å². The molecule has 1 N–H and O–H groups in total. The Hall–Kier alpha value is -3.22. The Morgan fingerprint density at radius 3 is 2.50 bits per heavy atom. The lowest BCUT2D eigenvalue weighted by Gasteiger charge is -2.36. The van der Waals surface area contributed by atoms with Gasteiger partial charge in [0.25, 0.3) is 5.91 Å². The van der Waals surface area contributed by atoms with E-state index in [0.717, 1.165) is 37.4 Å². The van der Waals surface area contributed by atoms with Crippen LogP contribution in [-0.4, -0.2) is 59.8 Å². The first-order valence-corrected chi connectivity index (χ1v) is 9.49. The minimum Gasteiger partial charge on any atom is -0.367 e. The van der Waals surface area contributed by atoms with Gasteiger partial charge in [-0.3, -0.25) is 14.6 Å². The summed E-state index contributed by atoms with van der Waals surface area (Å²) in [5, 5.41) is 3.15. The first-order chi connectivity index (χ1) is 13.6. The van der Waals surface area contributed by atoms with Gasteiger partial charge in [0, 0.05) is 44.4 Å². The van der Waals surface area contributed by atoms with Gasteiger partial charge in [0.15, 0.2) is 5.78 Å².